The lowest BCUT2D eigenvalue weighted by atomic mass is 10.0. The van der Waals surface area contributed by atoms with Crippen molar-refractivity contribution < 1.29 is 9.59 Å². The summed E-state index contributed by atoms with van der Waals surface area (Å²) in [7, 11) is 0. The molecule has 0 radical (unpaired) electrons. The van der Waals surface area contributed by atoms with Crippen molar-refractivity contribution in [3.63, 3.8) is 0 Å². The third-order valence-electron chi connectivity index (χ3n) is 3.06. The number of benzene rings is 1. The first-order valence-electron chi connectivity index (χ1n) is 6.04. The lowest BCUT2D eigenvalue weighted by Crippen LogP contribution is -2.51. The Labute approximate surface area is 106 Å². The monoisotopic (exact) mass is 247 g/mol. The van der Waals surface area contributed by atoms with Crippen LogP contribution in [-0.2, 0) is 9.59 Å². The molecular formula is C13H17N3O2. The van der Waals surface area contributed by atoms with Crippen LogP contribution >= 0.6 is 0 Å². The number of nitrogens with one attached hydrogen (secondary N) is 1. The summed E-state index contributed by atoms with van der Waals surface area (Å²) in [6, 6.07) is 7.57. The molecule has 5 heteroatoms. The minimum absolute atomic E-state index is 0.0821. The third-order valence-corrected chi connectivity index (χ3v) is 3.06. The quantitative estimate of drug-likeness (QED) is 0.765. The summed E-state index contributed by atoms with van der Waals surface area (Å²) in [5.41, 5.74) is 7.90. The van der Waals surface area contributed by atoms with Gasteiger partial charge in [0.1, 0.15) is 0 Å². The van der Waals surface area contributed by atoms with Crippen molar-refractivity contribution in [3.05, 3.63) is 29.8 Å². The van der Waals surface area contributed by atoms with Crippen LogP contribution in [0.4, 0.5) is 5.69 Å². The molecule has 1 heterocycles. The van der Waals surface area contributed by atoms with E-state index >= 15 is 0 Å². The zero-order chi connectivity index (χ0) is 13.1. The van der Waals surface area contributed by atoms with Crippen LogP contribution < -0.4 is 16.0 Å². The van der Waals surface area contributed by atoms with Gasteiger partial charge in [0, 0.05) is 11.7 Å². The van der Waals surface area contributed by atoms with E-state index in [-0.39, 0.29) is 30.9 Å². The molecule has 0 aromatic heterocycles. The molecule has 0 unspecified atom stereocenters. The predicted molar refractivity (Wildman–Crippen MR) is 69.0 cm³/mol. The van der Waals surface area contributed by atoms with Crippen molar-refractivity contribution in [2.75, 3.05) is 18.0 Å². The van der Waals surface area contributed by atoms with Gasteiger partial charge < -0.3 is 10.6 Å². The summed E-state index contributed by atoms with van der Waals surface area (Å²) in [6.07, 6.45) is 0.811. The Kier molecular flexibility index (Phi) is 3.62. The minimum Gasteiger partial charge on any atom is -0.353 e. The van der Waals surface area contributed by atoms with Gasteiger partial charge in [-0.1, -0.05) is 25.1 Å². The first-order chi connectivity index (χ1) is 8.61. The van der Waals surface area contributed by atoms with Crippen molar-refractivity contribution in [3.8, 4) is 0 Å². The number of para-hydroxylation sites is 1. The Bertz CT molecular complexity index is 457. The molecule has 18 heavy (non-hydrogen) atoms. The second-order valence-corrected chi connectivity index (χ2v) is 4.40. The molecule has 1 aliphatic rings. The maximum absolute atomic E-state index is 11.4. The van der Waals surface area contributed by atoms with Crippen LogP contribution in [0.3, 0.4) is 0 Å². The first kappa shape index (κ1) is 12.6. The lowest BCUT2D eigenvalue weighted by Gasteiger charge is -2.30. The number of imide groups is 1. The van der Waals surface area contributed by atoms with E-state index in [1.54, 1.807) is 4.90 Å². The number of amides is 2. The molecule has 2 amide bonds. The summed E-state index contributed by atoms with van der Waals surface area (Å²) in [5, 5.41) is 2.29. The van der Waals surface area contributed by atoms with Crippen molar-refractivity contribution in [1.82, 2.24) is 5.32 Å². The van der Waals surface area contributed by atoms with Crippen LogP contribution in [-0.4, -0.2) is 24.9 Å². The van der Waals surface area contributed by atoms with Crippen LogP contribution in [0.5, 0.6) is 0 Å². The fourth-order valence-corrected chi connectivity index (χ4v) is 2.12. The van der Waals surface area contributed by atoms with Gasteiger partial charge in [-0.3, -0.25) is 14.9 Å². The smallest absolute Gasteiger partial charge is 0.246 e. The van der Waals surface area contributed by atoms with Crippen molar-refractivity contribution in [2.45, 2.75) is 19.4 Å². The van der Waals surface area contributed by atoms with Crippen LogP contribution in [0.25, 0.3) is 0 Å². The summed E-state index contributed by atoms with van der Waals surface area (Å²) < 4.78 is 0. The van der Waals surface area contributed by atoms with Gasteiger partial charge in [0.15, 0.2) is 0 Å². The van der Waals surface area contributed by atoms with E-state index in [9.17, 15) is 9.59 Å². The molecule has 1 fully saturated rings. The lowest BCUT2D eigenvalue weighted by molar-refractivity contribution is -0.130. The zero-order valence-corrected chi connectivity index (χ0v) is 10.3. The van der Waals surface area contributed by atoms with Gasteiger partial charge in [0.25, 0.3) is 0 Å². The number of carbonyl (C=O) groups excluding carboxylic acids is 2. The fourth-order valence-electron chi connectivity index (χ4n) is 2.12. The van der Waals surface area contributed by atoms with Crippen molar-refractivity contribution >= 4 is 17.5 Å². The molecule has 1 aromatic rings. The van der Waals surface area contributed by atoms with Crippen LogP contribution in [0.15, 0.2) is 24.3 Å². The Morgan fingerprint density at radius 2 is 1.89 bits per heavy atom. The van der Waals surface area contributed by atoms with Crippen LogP contribution in [0.1, 0.15) is 24.9 Å². The maximum atomic E-state index is 11.4. The van der Waals surface area contributed by atoms with E-state index < -0.39 is 0 Å². The molecule has 1 aromatic carbocycles. The second kappa shape index (κ2) is 5.18. The van der Waals surface area contributed by atoms with Gasteiger partial charge >= 0.3 is 0 Å². The van der Waals surface area contributed by atoms with E-state index in [4.69, 9.17) is 5.73 Å². The minimum atomic E-state index is -0.272. The molecule has 2 rings (SSSR count). The van der Waals surface area contributed by atoms with E-state index in [1.165, 1.54) is 0 Å². The highest BCUT2D eigenvalue weighted by Gasteiger charge is 2.24. The van der Waals surface area contributed by atoms with Gasteiger partial charge in [0.05, 0.1) is 13.1 Å². The Hall–Kier alpha value is -1.88. The number of hydrogen-bond acceptors (Lipinski definition) is 4. The molecule has 0 aliphatic carbocycles. The molecule has 96 valence electrons. The average Bonchev–Trinajstić information content (AvgIpc) is 2.36. The van der Waals surface area contributed by atoms with Gasteiger partial charge in [0.2, 0.25) is 11.8 Å². The number of hydrogen-bond donors (Lipinski definition) is 2. The molecule has 0 saturated carbocycles. The fraction of sp³-hybridized carbons (Fsp3) is 0.385. The number of piperazine rings is 1. The summed E-state index contributed by atoms with van der Waals surface area (Å²) in [4.78, 5) is 24.6. The standard InChI is InChI=1S/C13H17N3O2/c1-2-10(14)9-5-3-4-6-11(9)16-7-12(17)15-13(18)8-16/h3-6,10H,2,7-8,14H2,1H3,(H,15,17,18)/t10-/m1/s1. The van der Waals surface area contributed by atoms with Gasteiger partial charge in [-0.15, -0.1) is 0 Å². The summed E-state index contributed by atoms with van der Waals surface area (Å²) in [5.74, 6) is -0.544. The van der Waals surface area contributed by atoms with Gasteiger partial charge in [-0.25, -0.2) is 0 Å². The number of nitrogens with zero attached hydrogens (tertiary/aromatic N) is 1. The van der Waals surface area contributed by atoms with Crippen LogP contribution in [0, 0.1) is 0 Å². The second-order valence-electron chi connectivity index (χ2n) is 4.40. The van der Waals surface area contributed by atoms with E-state index in [1.807, 2.05) is 31.2 Å². The third kappa shape index (κ3) is 2.51. The van der Waals surface area contributed by atoms with E-state index in [0.717, 1.165) is 17.7 Å². The molecule has 1 aliphatic heterocycles. The van der Waals surface area contributed by atoms with Crippen molar-refractivity contribution in [1.29, 1.82) is 0 Å². The number of carbonyl (C=O) groups is 2. The highest BCUT2D eigenvalue weighted by Crippen LogP contribution is 2.27. The zero-order valence-electron chi connectivity index (χ0n) is 10.3. The van der Waals surface area contributed by atoms with Crippen LogP contribution in [0.2, 0.25) is 0 Å². The first-order valence-corrected chi connectivity index (χ1v) is 6.04. The highest BCUT2D eigenvalue weighted by atomic mass is 16.2. The Morgan fingerprint density at radius 3 is 2.50 bits per heavy atom. The molecule has 5 nitrogen and oxygen atoms in total. The molecule has 0 bridgehead atoms. The van der Waals surface area contributed by atoms with Gasteiger partial charge in [-0.05, 0) is 18.1 Å². The number of rotatable bonds is 3. The molecule has 0 spiro atoms. The largest absolute Gasteiger partial charge is 0.353 e. The number of nitrogens with two attached hydrogens (primary N) is 1. The highest BCUT2D eigenvalue weighted by molar-refractivity contribution is 6.02. The Balaban J connectivity index is 2.32. The molecular weight excluding hydrogens is 230 g/mol. The number of anilines is 1. The topological polar surface area (TPSA) is 75.4 Å². The normalized spacial score (nSPS) is 17.6. The predicted octanol–water partition coefficient (Wildman–Crippen LogP) is 0.559. The van der Waals surface area contributed by atoms with E-state index in [0.29, 0.717) is 0 Å². The van der Waals surface area contributed by atoms with E-state index in [2.05, 4.69) is 5.32 Å². The summed E-state index contributed by atoms with van der Waals surface area (Å²) >= 11 is 0. The van der Waals surface area contributed by atoms with Gasteiger partial charge in [-0.2, -0.15) is 0 Å². The average molecular weight is 247 g/mol. The Morgan fingerprint density at radius 1 is 1.28 bits per heavy atom. The maximum Gasteiger partial charge on any atom is 0.246 e. The molecule has 1 saturated heterocycles. The SMILES string of the molecule is CC[C@@H](N)c1ccccc1N1CC(=O)NC(=O)C1. The van der Waals surface area contributed by atoms with Crippen molar-refractivity contribution in [2.24, 2.45) is 5.73 Å². The molecule has 1 atom stereocenters. The summed E-state index contributed by atoms with van der Waals surface area (Å²) in [6.45, 7) is 2.40. The molecule has 3 N–H and O–H groups in total.